The first-order valence-electron chi connectivity index (χ1n) is 10.2. The van der Waals surface area contributed by atoms with E-state index in [-0.39, 0.29) is 30.1 Å². The van der Waals surface area contributed by atoms with Crippen molar-refractivity contribution in [2.75, 3.05) is 37.6 Å². The molecule has 2 bridgehead atoms. The Hall–Kier alpha value is -2.15. The maximum atomic E-state index is 10.6. The number of benzene rings is 1. The average molecular weight is 416 g/mol. The molecule has 3 atom stereocenters. The van der Waals surface area contributed by atoms with Gasteiger partial charge in [0.1, 0.15) is 0 Å². The molecule has 154 valence electrons. The number of hydrogen-bond donors (Lipinski definition) is 3. The molecular weight excluding hydrogens is 390 g/mol. The van der Waals surface area contributed by atoms with Gasteiger partial charge in [0, 0.05) is 66.4 Å². The summed E-state index contributed by atoms with van der Waals surface area (Å²) in [5.41, 5.74) is 2.81. The fourth-order valence-electron chi connectivity index (χ4n) is 5.09. The van der Waals surface area contributed by atoms with Crippen molar-refractivity contribution < 1.29 is 15.3 Å². The Labute approximate surface area is 175 Å². The number of nitrogens with zero attached hydrogens (tertiary/aromatic N) is 3. The maximum absolute atomic E-state index is 10.6. The van der Waals surface area contributed by atoms with Gasteiger partial charge in [-0.2, -0.15) is 0 Å². The van der Waals surface area contributed by atoms with Crippen LogP contribution in [0.3, 0.4) is 0 Å². The number of aliphatic hydroxyl groups excluding tert-OH is 1. The van der Waals surface area contributed by atoms with Crippen molar-refractivity contribution in [3.8, 4) is 11.8 Å². The summed E-state index contributed by atoms with van der Waals surface area (Å²) in [5, 5.41) is 32.6. The zero-order valence-electron chi connectivity index (χ0n) is 16.2. The largest absolute Gasteiger partial charge is 0.494 e. The van der Waals surface area contributed by atoms with Crippen LogP contribution in [0.25, 0.3) is 0 Å². The number of rotatable bonds is 5. The van der Waals surface area contributed by atoms with E-state index in [1.54, 1.807) is 0 Å². The summed E-state index contributed by atoms with van der Waals surface area (Å²) < 4.78 is 1.48. The molecule has 0 spiro atoms. The molecule has 3 aliphatic rings. The molecule has 1 aromatic heterocycles. The lowest BCUT2D eigenvalue weighted by Gasteiger charge is -2.37. The predicted octanol–water partition coefficient (Wildman–Crippen LogP) is 2.88. The molecular formula is C22H26ClN3O3. The number of allylic oxidation sites excluding steroid dienone is 2. The summed E-state index contributed by atoms with van der Waals surface area (Å²) in [4.78, 5) is 4.52. The van der Waals surface area contributed by atoms with Gasteiger partial charge >= 0.3 is 0 Å². The lowest BCUT2D eigenvalue weighted by atomic mass is 10.0. The normalized spacial score (nSPS) is 24.3. The van der Waals surface area contributed by atoms with E-state index < -0.39 is 6.10 Å². The minimum absolute atomic E-state index is 0.110. The van der Waals surface area contributed by atoms with Crippen LogP contribution in [-0.2, 0) is 6.54 Å². The number of hydrogen-bond acceptors (Lipinski definition) is 5. The van der Waals surface area contributed by atoms with Gasteiger partial charge in [-0.3, -0.25) is 9.47 Å². The van der Waals surface area contributed by atoms with Crippen molar-refractivity contribution in [3.05, 3.63) is 52.6 Å². The first-order chi connectivity index (χ1) is 14.0. The molecule has 29 heavy (non-hydrogen) atoms. The van der Waals surface area contributed by atoms with E-state index in [4.69, 9.17) is 11.6 Å². The molecule has 1 fully saturated rings. The Morgan fingerprint density at radius 1 is 0.966 bits per heavy atom. The topological polar surface area (TPSA) is 72.1 Å². The molecule has 3 N–H and O–H groups in total. The molecule has 2 heterocycles. The van der Waals surface area contributed by atoms with Gasteiger partial charge in [-0.05, 0) is 24.6 Å². The van der Waals surface area contributed by atoms with Crippen LogP contribution in [-0.4, -0.2) is 63.6 Å². The second kappa shape index (κ2) is 7.27. The summed E-state index contributed by atoms with van der Waals surface area (Å²) in [7, 11) is 0. The first-order valence-corrected chi connectivity index (χ1v) is 10.6. The van der Waals surface area contributed by atoms with Crippen molar-refractivity contribution in [2.24, 2.45) is 0 Å². The van der Waals surface area contributed by atoms with Crippen molar-refractivity contribution in [2.45, 2.75) is 30.9 Å². The van der Waals surface area contributed by atoms with E-state index in [2.05, 4.69) is 28.0 Å². The molecule has 5 rings (SSSR count). The third-order valence-electron chi connectivity index (χ3n) is 6.52. The number of aromatic hydroxyl groups is 2. The predicted molar refractivity (Wildman–Crippen MR) is 113 cm³/mol. The Kier molecular flexibility index (Phi) is 4.73. The van der Waals surface area contributed by atoms with Gasteiger partial charge in [0.05, 0.1) is 12.6 Å². The molecule has 0 saturated carbocycles. The van der Waals surface area contributed by atoms with E-state index in [1.807, 2.05) is 18.2 Å². The highest BCUT2D eigenvalue weighted by Crippen LogP contribution is 2.56. The van der Waals surface area contributed by atoms with Crippen molar-refractivity contribution in [1.29, 1.82) is 0 Å². The fraction of sp³-hybridized carbons (Fsp3) is 0.455. The van der Waals surface area contributed by atoms with Crippen LogP contribution in [0, 0.1) is 0 Å². The molecule has 6 nitrogen and oxygen atoms in total. The molecule has 1 aliphatic heterocycles. The monoisotopic (exact) mass is 415 g/mol. The van der Waals surface area contributed by atoms with E-state index in [0.717, 1.165) is 54.4 Å². The van der Waals surface area contributed by atoms with Crippen LogP contribution >= 0.6 is 11.6 Å². The Balaban J connectivity index is 1.19. The zero-order chi connectivity index (χ0) is 20.1. The molecule has 1 saturated heterocycles. The van der Waals surface area contributed by atoms with Gasteiger partial charge in [0.15, 0.2) is 11.8 Å². The van der Waals surface area contributed by atoms with Crippen LogP contribution in [0.1, 0.15) is 29.4 Å². The summed E-state index contributed by atoms with van der Waals surface area (Å²) in [6, 6.07) is 7.88. The quantitative estimate of drug-likeness (QED) is 0.655. The number of aromatic nitrogens is 1. The van der Waals surface area contributed by atoms with E-state index in [0.29, 0.717) is 6.54 Å². The maximum Gasteiger partial charge on any atom is 0.198 e. The second-order valence-corrected chi connectivity index (χ2v) is 8.78. The van der Waals surface area contributed by atoms with Gasteiger partial charge in [-0.1, -0.05) is 29.8 Å². The van der Waals surface area contributed by atoms with Gasteiger partial charge in [0.25, 0.3) is 0 Å². The van der Waals surface area contributed by atoms with Gasteiger partial charge in [-0.15, -0.1) is 0 Å². The molecule has 2 aliphatic carbocycles. The number of piperazine rings is 1. The van der Waals surface area contributed by atoms with Gasteiger partial charge < -0.3 is 20.2 Å². The van der Waals surface area contributed by atoms with Gasteiger partial charge in [0.2, 0.25) is 0 Å². The SMILES string of the molecule is Oc1c2c(c(O)n1CC(O)CN1CCN(c3cccc(Cl)c3)CC1)[C@H]1C=CC2C1. The summed E-state index contributed by atoms with van der Waals surface area (Å²) in [6.07, 6.45) is 4.48. The van der Waals surface area contributed by atoms with Crippen LogP contribution in [0.5, 0.6) is 11.8 Å². The Morgan fingerprint density at radius 2 is 1.62 bits per heavy atom. The van der Waals surface area contributed by atoms with Crippen LogP contribution in [0.2, 0.25) is 5.02 Å². The van der Waals surface area contributed by atoms with Crippen molar-refractivity contribution in [3.63, 3.8) is 0 Å². The lowest BCUT2D eigenvalue weighted by Crippen LogP contribution is -2.49. The number of fused-ring (bicyclic) bond motifs is 5. The number of anilines is 1. The highest BCUT2D eigenvalue weighted by Gasteiger charge is 2.41. The summed E-state index contributed by atoms with van der Waals surface area (Å²) >= 11 is 6.10. The third kappa shape index (κ3) is 3.29. The molecule has 7 heteroatoms. The van der Waals surface area contributed by atoms with E-state index in [9.17, 15) is 15.3 Å². The van der Waals surface area contributed by atoms with Crippen LogP contribution in [0.15, 0.2) is 36.4 Å². The zero-order valence-corrected chi connectivity index (χ0v) is 17.0. The first kappa shape index (κ1) is 18.9. The minimum atomic E-state index is -0.664. The second-order valence-electron chi connectivity index (χ2n) is 8.34. The van der Waals surface area contributed by atoms with Crippen LogP contribution in [0.4, 0.5) is 5.69 Å². The molecule has 0 radical (unpaired) electrons. The molecule has 0 amide bonds. The fourth-order valence-corrected chi connectivity index (χ4v) is 5.28. The Bertz CT molecular complexity index is 914. The lowest BCUT2D eigenvalue weighted by molar-refractivity contribution is 0.0907. The van der Waals surface area contributed by atoms with E-state index in [1.165, 1.54) is 4.57 Å². The van der Waals surface area contributed by atoms with E-state index >= 15 is 0 Å². The Morgan fingerprint density at radius 3 is 2.24 bits per heavy atom. The highest BCUT2D eigenvalue weighted by molar-refractivity contribution is 6.30. The number of aliphatic hydroxyl groups is 1. The third-order valence-corrected chi connectivity index (χ3v) is 6.75. The van der Waals surface area contributed by atoms with Crippen molar-refractivity contribution >= 4 is 17.3 Å². The van der Waals surface area contributed by atoms with Crippen LogP contribution < -0.4 is 4.90 Å². The number of β-amino-alcohol motifs (C(OH)–C–C–N with tert-alkyl or cyclic N) is 1. The summed E-state index contributed by atoms with van der Waals surface area (Å²) in [6.45, 7) is 4.14. The summed E-state index contributed by atoms with van der Waals surface area (Å²) in [5.74, 6) is 0.607. The smallest absolute Gasteiger partial charge is 0.198 e. The average Bonchev–Trinajstić information content (AvgIpc) is 3.39. The molecule has 2 aromatic rings. The molecule has 2 unspecified atom stereocenters. The number of halogens is 1. The highest BCUT2D eigenvalue weighted by atomic mass is 35.5. The standard InChI is InChI=1S/C22H26ClN3O3/c23-16-2-1-3-17(11-16)25-8-6-24(7-9-25)12-18(27)13-26-21(28)19-14-4-5-15(10-14)20(19)22(26)29/h1-5,11,14-15,18,27-29H,6-10,12-13H2/t14-,15?,18?/m0/s1. The van der Waals surface area contributed by atoms with Crippen molar-refractivity contribution in [1.82, 2.24) is 9.47 Å². The molecule has 1 aromatic carbocycles. The minimum Gasteiger partial charge on any atom is -0.494 e. The van der Waals surface area contributed by atoms with Gasteiger partial charge in [-0.25, -0.2) is 0 Å².